The van der Waals surface area contributed by atoms with E-state index in [1.165, 1.54) is 18.2 Å². The van der Waals surface area contributed by atoms with Gasteiger partial charge in [0.15, 0.2) is 5.69 Å². The van der Waals surface area contributed by atoms with E-state index in [9.17, 15) is 14.9 Å². The van der Waals surface area contributed by atoms with Crippen molar-refractivity contribution in [3.63, 3.8) is 0 Å². The van der Waals surface area contributed by atoms with Crippen molar-refractivity contribution in [2.45, 2.75) is 5.50 Å². The fourth-order valence-electron chi connectivity index (χ4n) is 0.861. The van der Waals surface area contributed by atoms with Gasteiger partial charge in [0.1, 0.15) is 0 Å². The Balaban J connectivity index is 2.97. The third kappa shape index (κ3) is 3.25. The Kier molecular flexibility index (Phi) is 4.33. The zero-order chi connectivity index (χ0) is 12.1. The lowest BCUT2D eigenvalue weighted by molar-refractivity contribution is -0.384. The van der Waals surface area contributed by atoms with Crippen molar-refractivity contribution in [1.29, 1.82) is 0 Å². The first-order chi connectivity index (χ1) is 7.52. The molecule has 8 heteroatoms. The Morgan fingerprint density at radius 1 is 1.44 bits per heavy atom. The molecule has 16 heavy (non-hydrogen) atoms. The summed E-state index contributed by atoms with van der Waals surface area (Å²) in [6.07, 6.45) is 0. The zero-order valence-corrected chi connectivity index (χ0v) is 9.22. The van der Waals surface area contributed by atoms with Crippen molar-refractivity contribution in [2.75, 3.05) is 0 Å². The van der Waals surface area contributed by atoms with E-state index in [4.69, 9.17) is 23.2 Å². The van der Waals surface area contributed by atoms with Crippen LogP contribution in [0, 0.1) is 10.1 Å². The second-order valence-corrected chi connectivity index (χ2v) is 3.39. The topological polar surface area (TPSA) is 84.9 Å². The minimum atomic E-state index is -1.35. The fraction of sp³-hybridized carbons (Fsp3) is 0.125. The van der Waals surface area contributed by atoms with E-state index in [-0.39, 0.29) is 11.4 Å². The molecule has 0 spiro atoms. The number of azo groups is 1. The maximum absolute atomic E-state index is 10.6. The maximum atomic E-state index is 10.6. The van der Waals surface area contributed by atoms with E-state index in [1.54, 1.807) is 6.07 Å². The maximum Gasteiger partial charge on any atom is 0.296 e. The summed E-state index contributed by atoms with van der Waals surface area (Å²) in [7, 11) is 0. The molecule has 1 unspecified atom stereocenters. The Morgan fingerprint density at radius 3 is 2.62 bits per heavy atom. The Morgan fingerprint density at radius 2 is 2.06 bits per heavy atom. The highest BCUT2D eigenvalue weighted by Crippen LogP contribution is 2.27. The van der Waals surface area contributed by atoms with Crippen LogP contribution in [0.4, 0.5) is 11.4 Å². The molecule has 1 aromatic rings. The lowest BCUT2D eigenvalue weighted by Crippen LogP contribution is -2.02. The third-order valence-corrected chi connectivity index (χ3v) is 2.14. The molecule has 0 saturated heterocycles. The number of alkyl halides is 1. The molecule has 1 atom stereocenters. The number of rotatable bonds is 4. The Hall–Kier alpha value is -1.53. The number of carbonyl (C=O) groups excluding carboxylic acids is 1. The number of nitro benzene ring substituents is 1. The van der Waals surface area contributed by atoms with Crippen molar-refractivity contribution in [3.05, 3.63) is 34.4 Å². The average molecular weight is 262 g/mol. The van der Waals surface area contributed by atoms with Crippen molar-refractivity contribution < 1.29 is 9.72 Å². The molecule has 0 saturated carbocycles. The molecule has 0 aliphatic heterocycles. The van der Waals surface area contributed by atoms with Gasteiger partial charge in [0.05, 0.1) is 4.92 Å². The molecule has 0 heterocycles. The SMILES string of the molecule is O=C(Cl)C(Cl)N=Nc1ccccc1[N+](=O)[O-]. The van der Waals surface area contributed by atoms with Crippen LogP contribution in [0.3, 0.4) is 0 Å². The van der Waals surface area contributed by atoms with Crippen molar-refractivity contribution in [2.24, 2.45) is 10.2 Å². The number of nitrogens with zero attached hydrogens (tertiary/aromatic N) is 3. The van der Waals surface area contributed by atoms with Crippen molar-refractivity contribution >= 4 is 39.8 Å². The van der Waals surface area contributed by atoms with Gasteiger partial charge in [-0.25, -0.2) is 0 Å². The summed E-state index contributed by atoms with van der Waals surface area (Å²) in [4.78, 5) is 20.5. The Labute approximate surface area is 100 Å². The van der Waals surface area contributed by atoms with Crippen LogP contribution < -0.4 is 0 Å². The summed E-state index contributed by atoms with van der Waals surface area (Å²) in [6, 6.07) is 5.68. The predicted octanol–water partition coefficient (Wildman–Crippen LogP) is 3.01. The van der Waals surface area contributed by atoms with E-state index >= 15 is 0 Å². The normalized spacial score (nSPS) is 12.6. The number of benzene rings is 1. The summed E-state index contributed by atoms with van der Waals surface area (Å²) in [5, 5.41) is 16.5. The molecule has 0 fully saturated rings. The van der Waals surface area contributed by atoms with Crippen LogP contribution in [0.2, 0.25) is 0 Å². The van der Waals surface area contributed by atoms with Gasteiger partial charge in [0.25, 0.3) is 10.9 Å². The van der Waals surface area contributed by atoms with E-state index in [0.717, 1.165) is 0 Å². The number of para-hydroxylation sites is 1. The van der Waals surface area contributed by atoms with Crippen LogP contribution in [0.5, 0.6) is 0 Å². The fourth-order valence-corrected chi connectivity index (χ4v) is 0.949. The zero-order valence-electron chi connectivity index (χ0n) is 7.71. The number of carbonyl (C=O) groups is 1. The molecule has 0 N–H and O–H groups in total. The van der Waals surface area contributed by atoms with Crippen molar-refractivity contribution in [1.82, 2.24) is 0 Å². The lowest BCUT2D eigenvalue weighted by atomic mass is 10.3. The molecule has 0 radical (unpaired) electrons. The summed E-state index contributed by atoms with van der Waals surface area (Å²) >= 11 is 10.4. The lowest BCUT2D eigenvalue weighted by Gasteiger charge is -1.96. The van der Waals surface area contributed by atoms with Crippen LogP contribution >= 0.6 is 23.2 Å². The molecular weight excluding hydrogens is 257 g/mol. The molecular formula is C8H5Cl2N3O3. The number of nitro groups is 1. The highest BCUT2D eigenvalue weighted by atomic mass is 35.5. The van der Waals surface area contributed by atoms with Gasteiger partial charge in [0.2, 0.25) is 5.50 Å². The van der Waals surface area contributed by atoms with Crippen LogP contribution in [0.1, 0.15) is 0 Å². The Bertz CT molecular complexity index is 450. The molecule has 0 aromatic heterocycles. The van der Waals surface area contributed by atoms with E-state index in [0.29, 0.717) is 0 Å². The van der Waals surface area contributed by atoms with Crippen LogP contribution in [-0.2, 0) is 4.79 Å². The molecule has 0 amide bonds. The third-order valence-electron chi connectivity index (χ3n) is 1.53. The molecule has 1 rings (SSSR count). The number of halogens is 2. The smallest absolute Gasteiger partial charge is 0.277 e. The average Bonchev–Trinajstić information content (AvgIpc) is 2.25. The van der Waals surface area contributed by atoms with Gasteiger partial charge in [-0.2, -0.15) is 5.11 Å². The summed E-state index contributed by atoms with van der Waals surface area (Å²) in [5.74, 6) is 0. The number of hydrogen-bond acceptors (Lipinski definition) is 5. The minimum Gasteiger partial charge on any atom is -0.277 e. The monoisotopic (exact) mass is 261 g/mol. The first kappa shape index (κ1) is 12.5. The molecule has 0 bridgehead atoms. The number of hydrogen-bond donors (Lipinski definition) is 0. The standard InChI is InChI=1S/C8H5Cl2N3O3/c9-7(8(10)14)12-11-5-3-1-2-4-6(5)13(15)16/h1-4,7H. The minimum absolute atomic E-state index is 0.0102. The van der Waals surface area contributed by atoms with Gasteiger partial charge in [-0.1, -0.05) is 23.7 Å². The van der Waals surface area contributed by atoms with Gasteiger partial charge in [-0.15, -0.1) is 5.11 Å². The largest absolute Gasteiger partial charge is 0.296 e. The molecule has 0 aliphatic carbocycles. The second-order valence-electron chi connectivity index (χ2n) is 2.60. The van der Waals surface area contributed by atoms with Crippen LogP contribution in [0.25, 0.3) is 0 Å². The highest BCUT2D eigenvalue weighted by molar-refractivity contribution is 6.69. The van der Waals surface area contributed by atoms with Gasteiger partial charge < -0.3 is 0 Å². The van der Waals surface area contributed by atoms with Crippen LogP contribution in [-0.4, -0.2) is 15.7 Å². The van der Waals surface area contributed by atoms with Gasteiger partial charge >= 0.3 is 0 Å². The van der Waals surface area contributed by atoms with Crippen molar-refractivity contribution in [3.8, 4) is 0 Å². The second kappa shape index (κ2) is 5.53. The van der Waals surface area contributed by atoms with Crippen LogP contribution in [0.15, 0.2) is 34.5 Å². The predicted molar refractivity (Wildman–Crippen MR) is 58.1 cm³/mol. The van der Waals surface area contributed by atoms with Gasteiger partial charge in [-0.05, 0) is 17.7 Å². The quantitative estimate of drug-likeness (QED) is 0.209. The molecule has 0 aliphatic rings. The van der Waals surface area contributed by atoms with E-state index < -0.39 is 15.7 Å². The van der Waals surface area contributed by atoms with Gasteiger partial charge in [0, 0.05) is 6.07 Å². The highest BCUT2D eigenvalue weighted by Gasteiger charge is 2.14. The summed E-state index contributed by atoms with van der Waals surface area (Å²) in [6.45, 7) is 0. The molecule has 6 nitrogen and oxygen atoms in total. The van der Waals surface area contributed by atoms with Gasteiger partial charge in [-0.3, -0.25) is 14.9 Å². The van der Waals surface area contributed by atoms with E-state index in [1.807, 2.05) is 0 Å². The molecule has 84 valence electrons. The first-order valence-corrected chi connectivity index (χ1v) is 4.81. The molecule has 1 aromatic carbocycles. The van der Waals surface area contributed by atoms with E-state index in [2.05, 4.69) is 10.2 Å². The summed E-state index contributed by atoms with van der Waals surface area (Å²) in [5.41, 5.74) is -1.56. The summed E-state index contributed by atoms with van der Waals surface area (Å²) < 4.78 is 0. The first-order valence-electron chi connectivity index (χ1n) is 4.00.